The van der Waals surface area contributed by atoms with Gasteiger partial charge in [-0.15, -0.1) is 0 Å². The maximum absolute atomic E-state index is 11.5. The second-order valence-electron chi connectivity index (χ2n) is 11.3. The summed E-state index contributed by atoms with van der Waals surface area (Å²) >= 11 is 1.06. The highest BCUT2D eigenvalue weighted by atomic mass is 32.1. The van der Waals surface area contributed by atoms with Gasteiger partial charge in [-0.25, -0.2) is 0 Å². The van der Waals surface area contributed by atoms with Crippen LogP contribution < -0.4 is 4.87 Å². The van der Waals surface area contributed by atoms with Crippen molar-refractivity contribution in [1.29, 1.82) is 0 Å². The SMILES string of the molecule is O=c1[nH]c(O)c(Cc2ccc3cc(-c4ccc(O)c(C56CC7CC(CC(C7)C5)C6)c4)ccc3c2)s1. The Morgan fingerprint density at radius 2 is 1.46 bits per heavy atom. The van der Waals surface area contributed by atoms with E-state index in [-0.39, 0.29) is 16.2 Å². The predicted molar refractivity (Wildman–Crippen MR) is 140 cm³/mol. The average molecular weight is 484 g/mol. The molecule has 4 saturated carbocycles. The molecule has 8 rings (SSSR count). The number of aromatic hydroxyl groups is 2. The molecule has 0 amide bonds. The fourth-order valence-electron chi connectivity index (χ4n) is 7.82. The Bertz CT molecular complexity index is 1480. The first-order valence-corrected chi connectivity index (χ1v) is 13.5. The van der Waals surface area contributed by atoms with Crippen molar-refractivity contribution in [3.63, 3.8) is 0 Å². The summed E-state index contributed by atoms with van der Waals surface area (Å²) in [5.41, 5.74) is 4.73. The first-order chi connectivity index (χ1) is 16.9. The zero-order chi connectivity index (χ0) is 23.7. The lowest BCUT2D eigenvalue weighted by atomic mass is 9.48. The lowest BCUT2D eigenvalue weighted by Crippen LogP contribution is -2.48. The van der Waals surface area contributed by atoms with Gasteiger partial charge in [0.15, 0.2) is 0 Å². The molecule has 1 aromatic heterocycles. The number of thiazole rings is 1. The van der Waals surface area contributed by atoms with E-state index < -0.39 is 0 Å². The predicted octanol–water partition coefficient (Wildman–Crippen LogP) is 6.73. The van der Waals surface area contributed by atoms with Gasteiger partial charge in [0, 0.05) is 12.0 Å². The summed E-state index contributed by atoms with van der Waals surface area (Å²) in [4.78, 5) is 14.4. The van der Waals surface area contributed by atoms with E-state index in [2.05, 4.69) is 47.4 Å². The van der Waals surface area contributed by atoms with Gasteiger partial charge in [-0.1, -0.05) is 47.7 Å². The molecule has 0 radical (unpaired) electrons. The minimum atomic E-state index is -0.232. The number of aromatic nitrogens is 1. The van der Waals surface area contributed by atoms with Crippen LogP contribution in [0.5, 0.6) is 11.6 Å². The first-order valence-electron chi connectivity index (χ1n) is 12.7. The van der Waals surface area contributed by atoms with Crippen LogP contribution in [-0.4, -0.2) is 15.2 Å². The summed E-state index contributed by atoms with van der Waals surface area (Å²) in [6, 6.07) is 19.1. The molecular formula is C30H29NO3S. The molecule has 3 N–H and O–H groups in total. The molecule has 4 aromatic rings. The van der Waals surface area contributed by atoms with Crippen LogP contribution in [0.15, 0.2) is 59.4 Å². The zero-order valence-electron chi connectivity index (χ0n) is 19.6. The van der Waals surface area contributed by atoms with Crippen molar-refractivity contribution >= 4 is 22.1 Å². The molecule has 4 aliphatic carbocycles. The third-order valence-corrected chi connectivity index (χ3v) is 9.78. The number of H-pyrrole nitrogens is 1. The fraction of sp³-hybridized carbons (Fsp3) is 0.367. The topological polar surface area (TPSA) is 73.3 Å². The third kappa shape index (κ3) is 3.59. The summed E-state index contributed by atoms with van der Waals surface area (Å²) in [6.45, 7) is 0. The second-order valence-corrected chi connectivity index (χ2v) is 12.4. The lowest BCUT2D eigenvalue weighted by Gasteiger charge is -2.57. The summed E-state index contributed by atoms with van der Waals surface area (Å²) in [7, 11) is 0. The molecule has 0 saturated heterocycles. The first kappa shape index (κ1) is 21.3. The monoisotopic (exact) mass is 483 g/mol. The zero-order valence-corrected chi connectivity index (χ0v) is 20.4. The number of rotatable bonds is 4. The van der Waals surface area contributed by atoms with E-state index in [1.807, 2.05) is 12.1 Å². The van der Waals surface area contributed by atoms with Crippen LogP contribution in [-0.2, 0) is 11.8 Å². The number of hydrogen-bond acceptors (Lipinski definition) is 4. The number of aromatic amines is 1. The van der Waals surface area contributed by atoms with Gasteiger partial charge in [0.2, 0.25) is 5.88 Å². The van der Waals surface area contributed by atoms with Crippen molar-refractivity contribution in [3.05, 3.63) is 80.3 Å². The Morgan fingerprint density at radius 3 is 2.14 bits per heavy atom. The van der Waals surface area contributed by atoms with Gasteiger partial charge in [-0.05, 0) is 107 Å². The van der Waals surface area contributed by atoms with Crippen LogP contribution in [0.1, 0.15) is 54.5 Å². The number of fused-ring (bicyclic) bond motifs is 1. The van der Waals surface area contributed by atoms with Gasteiger partial charge < -0.3 is 10.2 Å². The molecule has 0 atom stereocenters. The van der Waals surface area contributed by atoms with E-state index in [0.29, 0.717) is 17.0 Å². The van der Waals surface area contributed by atoms with Crippen molar-refractivity contribution in [3.8, 4) is 22.8 Å². The van der Waals surface area contributed by atoms with E-state index in [4.69, 9.17) is 0 Å². The van der Waals surface area contributed by atoms with E-state index in [0.717, 1.165) is 51.0 Å². The van der Waals surface area contributed by atoms with Crippen molar-refractivity contribution in [2.24, 2.45) is 17.8 Å². The molecule has 1 heterocycles. The number of phenolic OH excluding ortho intramolecular Hbond substituents is 1. The summed E-state index contributed by atoms with van der Waals surface area (Å²) in [6.07, 6.45) is 8.43. The minimum Gasteiger partial charge on any atom is -0.508 e. The quantitative estimate of drug-likeness (QED) is 0.301. The maximum Gasteiger partial charge on any atom is 0.307 e. The Labute approximate surface area is 208 Å². The Kier molecular flexibility index (Phi) is 4.69. The lowest BCUT2D eigenvalue weighted by molar-refractivity contribution is -0.00611. The summed E-state index contributed by atoms with van der Waals surface area (Å²) in [5.74, 6) is 2.96. The normalized spacial score (nSPS) is 27.0. The van der Waals surface area contributed by atoms with E-state index >= 15 is 0 Å². The van der Waals surface area contributed by atoms with Gasteiger partial charge in [-0.2, -0.15) is 0 Å². The van der Waals surface area contributed by atoms with Crippen LogP contribution in [0.4, 0.5) is 0 Å². The van der Waals surface area contributed by atoms with Crippen LogP contribution in [0.25, 0.3) is 21.9 Å². The highest BCUT2D eigenvalue weighted by Crippen LogP contribution is 2.62. The molecule has 35 heavy (non-hydrogen) atoms. The minimum absolute atomic E-state index is 0.0300. The van der Waals surface area contributed by atoms with Crippen molar-refractivity contribution in [2.75, 3.05) is 0 Å². The van der Waals surface area contributed by atoms with E-state index in [1.165, 1.54) is 49.7 Å². The molecule has 0 aliphatic heterocycles. The number of benzene rings is 3. The van der Waals surface area contributed by atoms with Crippen LogP contribution in [0.2, 0.25) is 0 Å². The molecule has 3 aromatic carbocycles. The van der Waals surface area contributed by atoms with Gasteiger partial charge in [0.25, 0.3) is 0 Å². The standard InChI is InChI=1S/C30H29NO3S/c32-26-6-5-24(13-25(26)30-14-18-7-19(15-30)9-20(8-18)16-30)23-4-3-21-10-17(1-2-22(21)12-23)11-27-28(33)31-29(34)35-27/h1-6,10,12-13,18-20,32-33H,7-9,11,14-16H2,(H,31,34). The third-order valence-electron chi connectivity index (χ3n) is 8.91. The van der Waals surface area contributed by atoms with Gasteiger partial charge in [-0.3, -0.25) is 9.78 Å². The van der Waals surface area contributed by atoms with Crippen LogP contribution in [0.3, 0.4) is 0 Å². The number of hydrogen-bond donors (Lipinski definition) is 3. The smallest absolute Gasteiger partial charge is 0.307 e. The van der Waals surface area contributed by atoms with Crippen molar-refractivity contribution in [1.82, 2.24) is 4.98 Å². The number of nitrogens with one attached hydrogen (secondary N) is 1. The second kappa shape index (κ2) is 7.72. The molecule has 0 unspecified atom stereocenters. The highest BCUT2D eigenvalue weighted by molar-refractivity contribution is 7.09. The van der Waals surface area contributed by atoms with Crippen molar-refractivity contribution in [2.45, 2.75) is 50.4 Å². The van der Waals surface area contributed by atoms with E-state index in [1.54, 1.807) is 0 Å². The Hall–Kier alpha value is -3.05. The molecule has 5 heteroatoms. The van der Waals surface area contributed by atoms with Crippen molar-refractivity contribution < 1.29 is 10.2 Å². The summed E-state index contributed by atoms with van der Waals surface area (Å²) in [5, 5.41) is 23.1. The molecule has 4 fully saturated rings. The molecule has 4 nitrogen and oxygen atoms in total. The average Bonchev–Trinajstić information content (AvgIpc) is 3.14. The van der Waals surface area contributed by atoms with Crippen LogP contribution >= 0.6 is 11.3 Å². The highest BCUT2D eigenvalue weighted by Gasteiger charge is 2.52. The molecular weight excluding hydrogens is 454 g/mol. The number of phenols is 1. The van der Waals surface area contributed by atoms with Crippen LogP contribution in [0, 0.1) is 17.8 Å². The van der Waals surface area contributed by atoms with Gasteiger partial charge in [0.05, 0.1) is 4.88 Å². The van der Waals surface area contributed by atoms with Gasteiger partial charge >= 0.3 is 4.87 Å². The fourth-order valence-corrected chi connectivity index (χ4v) is 8.58. The van der Waals surface area contributed by atoms with E-state index in [9.17, 15) is 15.0 Å². The largest absolute Gasteiger partial charge is 0.508 e. The van der Waals surface area contributed by atoms with Gasteiger partial charge in [0.1, 0.15) is 5.75 Å². The Morgan fingerprint density at radius 1 is 0.829 bits per heavy atom. The Balaban J connectivity index is 1.22. The maximum atomic E-state index is 11.5. The summed E-state index contributed by atoms with van der Waals surface area (Å²) < 4.78 is 0. The molecule has 4 aliphatic rings. The molecule has 4 bridgehead atoms. The molecule has 0 spiro atoms. The molecule has 178 valence electrons.